The zero-order valence-electron chi connectivity index (χ0n) is 24.3. The molecular formula is C33H34F4N4O3. The number of carbonyl (C=O) groups excluding carboxylic acids is 2. The van der Waals surface area contributed by atoms with E-state index in [1.165, 1.54) is 7.11 Å². The molecule has 2 bridgehead atoms. The number of aliphatic imine (C=N–C) groups is 1. The summed E-state index contributed by atoms with van der Waals surface area (Å²) >= 11 is 0. The number of benzene rings is 2. The lowest BCUT2D eigenvalue weighted by atomic mass is 9.83. The summed E-state index contributed by atoms with van der Waals surface area (Å²) in [6, 6.07) is 7.71. The second-order valence-electron chi connectivity index (χ2n) is 12.6. The highest BCUT2D eigenvalue weighted by Crippen LogP contribution is 2.54. The number of fused-ring (bicyclic) bond motifs is 3. The molecule has 11 heteroatoms. The Kier molecular flexibility index (Phi) is 7.16. The number of rotatable bonds is 7. The molecule has 5 aliphatic rings. The number of methoxy groups -OCH3 is 1. The van der Waals surface area contributed by atoms with E-state index in [1.54, 1.807) is 12.1 Å². The molecule has 1 unspecified atom stereocenters. The molecule has 5 atom stereocenters. The Morgan fingerprint density at radius 2 is 1.84 bits per heavy atom. The van der Waals surface area contributed by atoms with E-state index in [1.807, 2.05) is 6.07 Å². The Balaban J connectivity index is 1.17. The zero-order chi connectivity index (χ0) is 30.7. The van der Waals surface area contributed by atoms with Gasteiger partial charge < -0.3 is 20.3 Å². The summed E-state index contributed by atoms with van der Waals surface area (Å²) in [5.74, 6) is -1.46. The van der Waals surface area contributed by atoms with Crippen LogP contribution in [0.2, 0.25) is 0 Å². The molecule has 3 saturated carbocycles. The summed E-state index contributed by atoms with van der Waals surface area (Å²) < 4.78 is 59.5. The van der Waals surface area contributed by atoms with Crippen molar-refractivity contribution in [2.45, 2.75) is 56.8 Å². The fraction of sp³-hybridized carbons (Fsp3) is 0.485. The molecule has 0 aromatic heterocycles. The summed E-state index contributed by atoms with van der Waals surface area (Å²) in [5, 5.41) is 5.74. The third-order valence-corrected chi connectivity index (χ3v) is 9.89. The lowest BCUT2D eigenvalue weighted by Crippen LogP contribution is -2.48. The highest BCUT2D eigenvalue weighted by atomic mass is 19.4. The number of allylic oxidation sites excluding steroid dienone is 1. The van der Waals surface area contributed by atoms with Gasteiger partial charge in [-0.1, -0.05) is 11.6 Å². The van der Waals surface area contributed by atoms with E-state index in [0.717, 1.165) is 74.7 Å². The average molecular weight is 611 g/mol. The van der Waals surface area contributed by atoms with E-state index in [0.29, 0.717) is 35.4 Å². The SMILES string of the molecule is COc1ccc(C2=NC[C@H]3CCCN23)cc1C(=O)N[C@@H]1[C@@H]2CCC(/C2=C/C2CC2)[C@@H]1C(=O)Nc1ccc(F)c(C(F)(F)F)c1. The van der Waals surface area contributed by atoms with E-state index >= 15 is 0 Å². The van der Waals surface area contributed by atoms with Crippen LogP contribution in [-0.2, 0) is 11.0 Å². The Labute approximate surface area is 252 Å². The largest absolute Gasteiger partial charge is 0.496 e. The Hall–Kier alpha value is -3.89. The lowest BCUT2D eigenvalue weighted by molar-refractivity contribution is -0.140. The number of halogens is 4. The predicted molar refractivity (Wildman–Crippen MR) is 156 cm³/mol. The van der Waals surface area contributed by atoms with Gasteiger partial charge >= 0.3 is 6.18 Å². The maximum absolute atomic E-state index is 13.9. The Bertz CT molecular complexity index is 1570. The molecular weight excluding hydrogens is 576 g/mol. The summed E-state index contributed by atoms with van der Waals surface area (Å²) in [6.45, 7) is 1.66. The highest BCUT2D eigenvalue weighted by molar-refractivity contribution is 6.05. The summed E-state index contributed by atoms with van der Waals surface area (Å²) in [4.78, 5) is 34.7. The molecule has 2 amide bonds. The minimum absolute atomic E-state index is 0.0574. The Morgan fingerprint density at radius 3 is 2.59 bits per heavy atom. The minimum atomic E-state index is -4.90. The van der Waals surface area contributed by atoms with Crippen LogP contribution in [-0.4, -0.2) is 54.8 Å². The van der Waals surface area contributed by atoms with Crippen LogP contribution >= 0.6 is 0 Å². The molecule has 44 heavy (non-hydrogen) atoms. The van der Waals surface area contributed by atoms with Crippen molar-refractivity contribution in [1.82, 2.24) is 10.2 Å². The molecule has 2 aliphatic heterocycles. The first-order chi connectivity index (χ1) is 21.1. The van der Waals surface area contributed by atoms with Crippen LogP contribution in [0, 0.1) is 29.5 Å². The van der Waals surface area contributed by atoms with Gasteiger partial charge in [0, 0.05) is 29.8 Å². The van der Waals surface area contributed by atoms with Crippen molar-refractivity contribution in [1.29, 1.82) is 0 Å². The number of alkyl halides is 3. The quantitative estimate of drug-likeness (QED) is 0.307. The average Bonchev–Trinajstić information content (AvgIpc) is 3.27. The van der Waals surface area contributed by atoms with Crippen molar-refractivity contribution >= 4 is 23.3 Å². The summed E-state index contributed by atoms with van der Waals surface area (Å²) in [5.41, 5.74) is 0.721. The number of ether oxygens (including phenoxy) is 1. The van der Waals surface area contributed by atoms with E-state index in [2.05, 4.69) is 21.6 Å². The molecule has 2 heterocycles. The van der Waals surface area contributed by atoms with Gasteiger partial charge in [-0.15, -0.1) is 0 Å². The van der Waals surface area contributed by atoms with Crippen LogP contribution in [0.4, 0.5) is 23.2 Å². The van der Waals surface area contributed by atoms with Gasteiger partial charge in [0.2, 0.25) is 5.91 Å². The van der Waals surface area contributed by atoms with E-state index in [9.17, 15) is 27.2 Å². The molecule has 2 aromatic rings. The fourth-order valence-corrected chi connectivity index (χ4v) is 7.70. The molecule has 7 nitrogen and oxygen atoms in total. The first kappa shape index (κ1) is 28.9. The first-order valence-corrected chi connectivity index (χ1v) is 15.3. The van der Waals surface area contributed by atoms with Gasteiger partial charge in [0.15, 0.2) is 0 Å². The second-order valence-corrected chi connectivity index (χ2v) is 12.6. The maximum atomic E-state index is 13.9. The monoisotopic (exact) mass is 610 g/mol. The normalized spacial score (nSPS) is 28.3. The summed E-state index contributed by atoms with van der Waals surface area (Å²) in [6.07, 6.45) is 3.25. The van der Waals surface area contributed by atoms with Gasteiger partial charge in [-0.05, 0) is 86.8 Å². The number of nitrogens with zero attached hydrogens (tertiary/aromatic N) is 2. The molecule has 2 aromatic carbocycles. The third-order valence-electron chi connectivity index (χ3n) is 9.89. The Morgan fingerprint density at radius 1 is 1.05 bits per heavy atom. The number of anilines is 1. The number of nitrogens with one attached hydrogen (secondary N) is 2. The van der Waals surface area contributed by atoms with Crippen LogP contribution in [0.3, 0.4) is 0 Å². The number of amidine groups is 1. The van der Waals surface area contributed by atoms with Crippen LogP contribution in [0.1, 0.15) is 60.0 Å². The topological polar surface area (TPSA) is 83.0 Å². The standard InChI is InChI=1S/C33H34F4N4O3/c1-44-27-11-6-18(30-38-16-20-3-2-12-41(20)30)14-24(27)31(42)40-29-22-9-8-21(23(22)13-17-4-5-17)28(29)32(43)39-19-7-10-26(34)25(15-19)33(35,36)37/h6-7,10-11,13-15,17,20-22,28-29H,2-5,8-9,12,16H2,1H3,(H,39,43)(H,40,42)/b23-13-/t20-,21?,22-,28+,29-/m1/s1. The lowest BCUT2D eigenvalue weighted by Gasteiger charge is -2.30. The summed E-state index contributed by atoms with van der Waals surface area (Å²) in [7, 11) is 1.50. The van der Waals surface area contributed by atoms with Gasteiger partial charge in [-0.25, -0.2) is 4.39 Å². The number of carbonyl (C=O) groups is 2. The third kappa shape index (κ3) is 5.13. The molecule has 0 radical (unpaired) electrons. The van der Waals surface area contributed by atoms with Crippen LogP contribution in [0.25, 0.3) is 0 Å². The van der Waals surface area contributed by atoms with Crippen molar-refractivity contribution in [2.24, 2.45) is 28.7 Å². The van der Waals surface area contributed by atoms with E-state index < -0.39 is 35.4 Å². The van der Waals surface area contributed by atoms with Crippen molar-refractivity contribution in [3.05, 3.63) is 70.6 Å². The van der Waals surface area contributed by atoms with Gasteiger partial charge in [0.05, 0.1) is 36.7 Å². The van der Waals surface area contributed by atoms with E-state index in [4.69, 9.17) is 9.73 Å². The maximum Gasteiger partial charge on any atom is 0.419 e. The van der Waals surface area contributed by atoms with Gasteiger partial charge in [0.1, 0.15) is 17.4 Å². The minimum Gasteiger partial charge on any atom is -0.496 e. The van der Waals surface area contributed by atoms with Crippen molar-refractivity contribution in [3.8, 4) is 5.75 Å². The van der Waals surface area contributed by atoms with Crippen molar-refractivity contribution in [3.63, 3.8) is 0 Å². The second kappa shape index (κ2) is 10.9. The molecule has 3 aliphatic carbocycles. The van der Waals surface area contributed by atoms with Gasteiger partial charge in [0.25, 0.3) is 5.91 Å². The smallest absolute Gasteiger partial charge is 0.419 e. The number of hydrogen-bond acceptors (Lipinski definition) is 5. The van der Waals surface area contributed by atoms with E-state index in [-0.39, 0.29) is 23.4 Å². The molecule has 0 spiro atoms. The molecule has 7 rings (SSSR count). The predicted octanol–water partition coefficient (Wildman–Crippen LogP) is 5.81. The highest BCUT2D eigenvalue weighted by Gasteiger charge is 2.55. The van der Waals surface area contributed by atoms with Crippen LogP contribution in [0.5, 0.6) is 5.75 Å². The molecule has 4 fully saturated rings. The van der Waals surface area contributed by atoms with Crippen molar-refractivity contribution < 1.29 is 31.9 Å². The first-order valence-electron chi connectivity index (χ1n) is 15.3. The van der Waals surface area contributed by atoms with Crippen molar-refractivity contribution in [2.75, 3.05) is 25.5 Å². The number of hydrogen-bond donors (Lipinski definition) is 2. The fourth-order valence-electron chi connectivity index (χ4n) is 7.70. The molecule has 1 saturated heterocycles. The molecule has 2 N–H and O–H groups in total. The molecule has 232 valence electrons. The van der Waals surface area contributed by atoms with Crippen LogP contribution < -0.4 is 15.4 Å². The van der Waals surface area contributed by atoms with Gasteiger partial charge in [-0.2, -0.15) is 13.2 Å². The van der Waals surface area contributed by atoms with Gasteiger partial charge in [-0.3, -0.25) is 14.6 Å². The zero-order valence-corrected chi connectivity index (χ0v) is 24.3. The number of amides is 2. The van der Waals surface area contributed by atoms with Crippen LogP contribution in [0.15, 0.2) is 53.0 Å².